The normalized spacial score (nSPS) is 16.1. The van der Waals surface area contributed by atoms with Crippen LogP contribution in [0.4, 0.5) is 0 Å². The molecule has 1 saturated heterocycles. The number of carbonyl (C=O) groups is 2. The summed E-state index contributed by atoms with van der Waals surface area (Å²) in [4.78, 5) is 24.9. The maximum absolute atomic E-state index is 12.6. The number of halogens is 1. The number of rotatable bonds is 8. The van der Waals surface area contributed by atoms with Crippen LogP contribution in [-0.2, 0) is 27.2 Å². The van der Waals surface area contributed by atoms with Crippen molar-refractivity contribution in [2.24, 2.45) is 0 Å². The van der Waals surface area contributed by atoms with E-state index in [0.717, 1.165) is 37.4 Å². The number of hydrogen-bond acceptors (Lipinski definition) is 5. The molecule has 0 radical (unpaired) electrons. The van der Waals surface area contributed by atoms with Crippen LogP contribution in [-0.4, -0.2) is 42.7 Å². The Bertz CT molecular complexity index is 899. The van der Waals surface area contributed by atoms with Gasteiger partial charge in [0.05, 0.1) is 19.6 Å². The Morgan fingerprint density at radius 1 is 1.28 bits per heavy atom. The number of esters is 1. The Hall–Kier alpha value is -2.31. The fraction of sp³-hybridized carbons (Fsp3) is 0.455. The van der Waals surface area contributed by atoms with Crippen molar-refractivity contribution in [1.82, 2.24) is 4.57 Å². The van der Waals surface area contributed by atoms with E-state index in [-0.39, 0.29) is 24.9 Å². The van der Waals surface area contributed by atoms with Gasteiger partial charge in [0.2, 0.25) is 5.78 Å². The lowest BCUT2D eigenvalue weighted by Crippen LogP contribution is -2.18. The van der Waals surface area contributed by atoms with Gasteiger partial charge in [-0.25, -0.2) is 0 Å². The summed E-state index contributed by atoms with van der Waals surface area (Å²) in [6, 6.07) is 6.88. The van der Waals surface area contributed by atoms with Crippen molar-refractivity contribution in [3.05, 3.63) is 51.8 Å². The van der Waals surface area contributed by atoms with Crippen molar-refractivity contribution >= 4 is 23.4 Å². The summed E-state index contributed by atoms with van der Waals surface area (Å²) in [7, 11) is 1.52. The molecular formula is C22H26ClNO5. The first kappa shape index (κ1) is 21.4. The van der Waals surface area contributed by atoms with Crippen LogP contribution < -0.4 is 4.74 Å². The van der Waals surface area contributed by atoms with E-state index >= 15 is 0 Å². The third-order valence-corrected chi connectivity index (χ3v) is 5.46. The first-order valence-electron chi connectivity index (χ1n) is 9.68. The van der Waals surface area contributed by atoms with Crippen molar-refractivity contribution in [3.8, 4) is 5.75 Å². The lowest BCUT2D eigenvalue weighted by atomic mass is 10.1. The van der Waals surface area contributed by atoms with Crippen LogP contribution in [0.1, 0.15) is 40.2 Å². The fourth-order valence-electron chi connectivity index (χ4n) is 3.67. The summed E-state index contributed by atoms with van der Waals surface area (Å²) in [5, 5.41) is 0.503. The molecule has 0 aliphatic carbocycles. The van der Waals surface area contributed by atoms with Crippen molar-refractivity contribution in [3.63, 3.8) is 0 Å². The average molecular weight is 420 g/mol. The molecular weight excluding hydrogens is 394 g/mol. The van der Waals surface area contributed by atoms with Crippen LogP contribution in [0, 0.1) is 13.8 Å². The van der Waals surface area contributed by atoms with E-state index in [1.165, 1.54) is 7.11 Å². The largest absolute Gasteiger partial charge is 0.496 e. The molecule has 29 heavy (non-hydrogen) atoms. The SMILES string of the molecule is COc1ccc(Cl)cc1CC(=O)OCC(=O)c1cc(C)n(C[C@H]2CCCO2)c1C. The highest BCUT2D eigenvalue weighted by molar-refractivity contribution is 6.30. The third-order valence-electron chi connectivity index (χ3n) is 5.23. The molecule has 0 unspecified atom stereocenters. The van der Waals surface area contributed by atoms with Gasteiger partial charge in [-0.05, 0) is 51.0 Å². The van der Waals surface area contributed by atoms with E-state index in [1.54, 1.807) is 18.2 Å². The molecule has 1 aromatic heterocycles. The molecule has 1 fully saturated rings. The second-order valence-corrected chi connectivity index (χ2v) is 7.68. The Kier molecular flexibility index (Phi) is 6.98. The highest BCUT2D eigenvalue weighted by Crippen LogP contribution is 2.24. The Labute approximate surface area is 175 Å². The number of hydrogen-bond donors (Lipinski definition) is 0. The minimum atomic E-state index is -0.507. The van der Waals surface area contributed by atoms with Gasteiger partial charge < -0.3 is 18.8 Å². The van der Waals surface area contributed by atoms with Gasteiger partial charge in [0.15, 0.2) is 6.61 Å². The number of aromatic nitrogens is 1. The lowest BCUT2D eigenvalue weighted by molar-refractivity contribution is -0.141. The highest BCUT2D eigenvalue weighted by atomic mass is 35.5. The third kappa shape index (κ3) is 5.19. The summed E-state index contributed by atoms with van der Waals surface area (Å²) < 4.78 is 18.3. The number of benzene rings is 1. The minimum absolute atomic E-state index is 0.0188. The number of carbonyl (C=O) groups excluding carboxylic acids is 2. The minimum Gasteiger partial charge on any atom is -0.496 e. The standard InChI is InChI=1S/C22H26ClNO5/c1-14-9-19(15(2)24(14)12-18-5-4-8-28-18)20(25)13-29-22(26)11-16-10-17(23)6-7-21(16)27-3/h6-7,9-10,18H,4-5,8,11-13H2,1-3H3/t18-/m1/s1. The molecule has 1 aromatic carbocycles. The van der Waals surface area contributed by atoms with Crippen molar-refractivity contribution in [1.29, 1.82) is 0 Å². The highest BCUT2D eigenvalue weighted by Gasteiger charge is 2.22. The fourth-order valence-corrected chi connectivity index (χ4v) is 3.87. The van der Waals surface area contributed by atoms with Gasteiger partial charge in [-0.1, -0.05) is 11.6 Å². The average Bonchev–Trinajstić information content (AvgIpc) is 3.30. The molecule has 7 heteroatoms. The quantitative estimate of drug-likeness (QED) is 0.479. The van der Waals surface area contributed by atoms with Crippen molar-refractivity contribution in [2.45, 2.75) is 45.8 Å². The van der Waals surface area contributed by atoms with Crippen LogP contribution >= 0.6 is 11.6 Å². The lowest BCUT2D eigenvalue weighted by Gasteiger charge is -2.14. The van der Waals surface area contributed by atoms with E-state index in [0.29, 0.717) is 21.9 Å². The summed E-state index contributed by atoms with van der Waals surface area (Å²) in [6.45, 7) is 5.11. The van der Waals surface area contributed by atoms with Gasteiger partial charge in [0.1, 0.15) is 5.75 Å². The van der Waals surface area contributed by atoms with Gasteiger partial charge in [-0.15, -0.1) is 0 Å². The topological polar surface area (TPSA) is 66.8 Å². The molecule has 0 N–H and O–H groups in total. The van der Waals surface area contributed by atoms with Gasteiger partial charge in [0, 0.05) is 40.7 Å². The van der Waals surface area contributed by atoms with E-state index < -0.39 is 5.97 Å². The van der Waals surface area contributed by atoms with Crippen LogP contribution in [0.2, 0.25) is 5.02 Å². The summed E-state index contributed by atoms with van der Waals surface area (Å²) >= 11 is 5.99. The predicted octanol–water partition coefficient (Wildman–Crippen LogP) is 3.91. The van der Waals surface area contributed by atoms with Crippen LogP contribution in [0.25, 0.3) is 0 Å². The first-order valence-corrected chi connectivity index (χ1v) is 10.1. The van der Waals surface area contributed by atoms with Crippen LogP contribution in [0.5, 0.6) is 5.75 Å². The number of ether oxygens (including phenoxy) is 3. The number of ketones is 1. The molecule has 0 bridgehead atoms. The molecule has 156 valence electrons. The van der Waals surface area contributed by atoms with Crippen LogP contribution in [0.15, 0.2) is 24.3 Å². The van der Waals surface area contributed by atoms with Crippen molar-refractivity contribution < 1.29 is 23.8 Å². The number of nitrogens with zero attached hydrogens (tertiary/aromatic N) is 1. The van der Waals surface area contributed by atoms with E-state index in [1.807, 2.05) is 19.9 Å². The predicted molar refractivity (Wildman–Crippen MR) is 110 cm³/mol. The second-order valence-electron chi connectivity index (χ2n) is 7.25. The smallest absolute Gasteiger partial charge is 0.310 e. The molecule has 3 rings (SSSR count). The zero-order valence-corrected chi connectivity index (χ0v) is 17.8. The second kappa shape index (κ2) is 9.46. The zero-order chi connectivity index (χ0) is 21.0. The molecule has 1 aliphatic rings. The Balaban J connectivity index is 1.60. The van der Waals surface area contributed by atoms with Gasteiger partial charge in [0.25, 0.3) is 0 Å². The summed E-state index contributed by atoms with van der Waals surface area (Å²) in [5.41, 5.74) is 3.06. The molecule has 1 atom stereocenters. The van der Waals surface area contributed by atoms with Gasteiger partial charge in [-0.3, -0.25) is 9.59 Å². The molecule has 6 nitrogen and oxygen atoms in total. The molecule has 0 spiro atoms. The summed E-state index contributed by atoms with van der Waals surface area (Å²) in [6.07, 6.45) is 2.27. The number of aryl methyl sites for hydroxylation is 1. The Morgan fingerprint density at radius 3 is 2.76 bits per heavy atom. The maximum atomic E-state index is 12.6. The van der Waals surface area contributed by atoms with E-state index in [9.17, 15) is 9.59 Å². The molecule has 0 saturated carbocycles. The number of Topliss-reactive ketones (excluding diaryl/α,β-unsaturated/α-hetero) is 1. The molecule has 2 aromatic rings. The van der Waals surface area contributed by atoms with Gasteiger partial charge >= 0.3 is 5.97 Å². The summed E-state index contributed by atoms with van der Waals surface area (Å²) in [5.74, 6) is -0.175. The van der Waals surface area contributed by atoms with Gasteiger partial charge in [-0.2, -0.15) is 0 Å². The Morgan fingerprint density at radius 2 is 2.07 bits per heavy atom. The molecule has 0 amide bonds. The number of methoxy groups -OCH3 is 1. The maximum Gasteiger partial charge on any atom is 0.310 e. The van der Waals surface area contributed by atoms with Crippen LogP contribution in [0.3, 0.4) is 0 Å². The molecule has 1 aliphatic heterocycles. The van der Waals surface area contributed by atoms with E-state index in [4.69, 9.17) is 25.8 Å². The monoisotopic (exact) mass is 419 g/mol. The van der Waals surface area contributed by atoms with E-state index in [2.05, 4.69) is 4.57 Å². The van der Waals surface area contributed by atoms with Crippen molar-refractivity contribution in [2.75, 3.05) is 20.3 Å². The zero-order valence-electron chi connectivity index (χ0n) is 17.0. The molecule has 2 heterocycles. The first-order chi connectivity index (χ1) is 13.9.